The van der Waals surface area contributed by atoms with Gasteiger partial charge in [0.25, 0.3) is 5.91 Å². The number of fused-ring (bicyclic) bond motifs is 1. The molecule has 0 N–H and O–H groups in total. The van der Waals surface area contributed by atoms with Crippen molar-refractivity contribution >= 4 is 34.6 Å². The highest BCUT2D eigenvalue weighted by atomic mass is 35.5. The van der Waals surface area contributed by atoms with E-state index in [-0.39, 0.29) is 6.61 Å². The molecule has 2 atom stereocenters. The zero-order chi connectivity index (χ0) is 30.3. The number of carbonyl (C=O) groups is 2. The molecular formula is C34H38ClN3O4. The van der Waals surface area contributed by atoms with E-state index in [0.717, 1.165) is 45.5 Å². The highest BCUT2D eigenvalue weighted by Gasteiger charge is 2.44. The van der Waals surface area contributed by atoms with Gasteiger partial charge in [0.05, 0.1) is 11.6 Å². The topological polar surface area (TPSA) is 73.7 Å². The molecule has 0 saturated carbocycles. The molecule has 0 bridgehead atoms. The number of nitrogens with zero attached hydrogens (tertiary/aromatic N) is 3. The number of pyridine rings is 1. The number of aryl methyl sites for hydroxylation is 3. The fourth-order valence-corrected chi connectivity index (χ4v) is 6.02. The van der Waals surface area contributed by atoms with E-state index in [4.69, 9.17) is 26.1 Å². The Hall–Kier alpha value is -3.68. The van der Waals surface area contributed by atoms with Crippen molar-refractivity contribution in [1.82, 2.24) is 14.5 Å². The number of imide groups is 1. The Bertz CT molecular complexity index is 1640. The monoisotopic (exact) mass is 587 g/mol. The Morgan fingerprint density at radius 1 is 1.10 bits per heavy atom. The molecule has 0 spiro atoms. The van der Waals surface area contributed by atoms with Gasteiger partial charge in [-0.3, -0.25) is 4.79 Å². The average molecular weight is 588 g/mol. The number of rotatable bonds is 7. The number of hydrogen-bond acceptors (Lipinski definition) is 5. The number of halogens is 1. The Labute approximate surface area is 252 Å². The lowest BCUT2D eigenvalue weighted by molar-refractivity contribution is -0.152. The summed E-state index contributed by atoms with van der Waals surface area (Å²) in [5.41, 5.74) is 6.39. The fourth-order valence-electron chi connectivity index (χ4n) is 5.90. The van der Waals surface area contributed by atoms with Crippen LogP contribution in [0.15, 0.2) is 54.6 Å². The van der Waals surface area contributed by atoms with E-state index in [1.807, 2.05) is 82.3 Å². The number of amides is 2. The smallest absolute Gasteiger partial charge is 0.417 e. The molecule has 8 heteroatoms. The van der Waals surface area contributed by atoms with Crippen molar-refractivity contribution in [2.45, 2.75) is 79.2 Å². The van der Waals surface area contributed by atoms with E-state index in [9.17, 15) is 9.59 Å². The number of benzene rings is 2. The zero-order valence-electron chi connectivity index (χ0n) is 25.3. The average Bonchev–Trinajstić information content (AvgIpc) is 3.42. The van der Waals surface area contributed by atoms with Gasteiger partial charge in [0.1, 0.15) is 12.3 Å². The van der Waals surface area contributed by atoms with Gasteiger partial charge in [0.2, 0.25) is 0 Å². The molecule has 0 radical (unpaired) electrons. The molecule has 3 heterocycles. The minimum absolute atomic E-state index is 0.125. The first-order valence-electron chi connectivity index (χ1n) is 14.4. The summed E-state index contributed by atoms with van der Waals surface area (Å²) < 4.78 is 14.2. The van der Waals surface area contributed by atoms with Crippen molar-refractivity contribution in [3.63, 3.8) is 0 Å². The normalized spacial score (nSPS) is 16.2. The van der Waals surface area contributed by atoms with E-state index in [0.29, 0.717) is 22.7 Å². The highest BCUT2D eigenvalue weighted by molar-refractivity contribution is 6.30. The summed E-state index contributed by atoms with van der Waals surface area (Å²) in [6, 6.07) is 16.9. The van der Waals surface area contributed by atoms with Crippen LogP contribution < -0.4 is 0 Å². The number of hydrogen-bond donors (Lipinski definition) is 0. The van der Waals surface area contributed by atoms with Crippen molar-refractivity contribution in [2.24, 2.45) is 0 Å². The molecule has 2 aromatic carbocycles. The van der Waals surface area contributed by atoms with Gasteiger partial charge in [0.15, 0.2) is 6.10 Å². The van der Waals surface area contributed by atoms with Crippen molar-refractivity contribution in [3.05, 3.63) is 87.7 Å². The lowest BCUT2D eigenvalue weighted by Crippen LogP contribution is -2.45. The second-order valence-corrected chi connectivity index (χ2v) is 12.3. The third-order valence-corrected chi connectivity index (χ3v) is 8.16. The summed E-state index contributed by atoms with van der Waals surface area (Å²) in [6.45, 7) is 14.8. The van der Waals surface area contributed by atoms with E-state index in [1.54, 1.807) is 0 Å². The number of carbonyl (C=O) groups excluding carboxylic acids is 2. The molecule has 1 saturated heterocycles. The van der Waals surface area contributed by atoms with Crippen molar-refractivity contribution in [1.29, 1.82) is 0 Å². The van der Waals surface area contributed by atoms with Gasteiger partial charge in [-0.15, -0.1) is 0 Å². The molecule has 2 unspecified atom stereocenters. The van der Waals surface area contributed by atoms with E-state index >= 15 is 0 Å². The molecule has 1 aliphatic heterocycles. The van der Waals surface area contributed by atoms with Crippen LogP contribution in [0.25, 0.3) is 22.2 Å². The summed E-state index contributed by atoms with van der Waals surface area (Å²) in [4.78, 5) is 34.1. The Balaban J connectivity index is 1.74. The molecule has 7 nitrogen and oxygen atoms in total. The van der Waals surface area contributed by atoms with Crippen LogP contribution >= 0.6 is 11.6 Å². The third-order valence-electron chi connectivity index (χ3n) is 7.90. The summed E-state index contributed by atoms with van der Waals surface area (Å²) in [5, 5.41) is 1.57. The third kappa shape index (κ3) is 5.55. The highest BCUT2D eigenvalue weighted by Crippen LogP contribution is 2.43. The van der Waals surface area contributed by atoms with Gasteiger partial charge < -0.3 is 14.0 Å². The number of aromatic nitrogens is 2. The van der Waals surface area contributed by atoms with E-state index < -0.39 is 29.7 Å². The van der Waals surface area contributed by atoms with Crippen LogP contribution in [0.5, 0.6) is 0 Å². The van der Waals surface area contributed by atoms with E-state index in [2.05, 4.69) is 25.3 Å². The Morgan fingerprint density at radius 3 is 2.38 bits per heavy atom. The van der Waals surface area contributed by atoms with Crippen LogP contribution in [0.4, 0.5) is 4.79 Å². The summed E-state index contributed by atoms with van der Waals surface area (Å²) in [7, 11) is 0. The van der Waals surface area contributed by atoms with Crippen molar-refractivity contribution < 1.29 is 19.1 Å². The molecule has 1 fully saturated rings. The van der Waals surface area contributed by atoms with Gasteiger partial charge in [-0.25, -0.2) is 14.7 Å². The Morgan fingerprint density at radius 2 is 1.76 bits per heavy atom. The maximum atomic E-state index is 14.6. The first kappa shape index (κ1) is 29.8. The molecule has 0 aliphatic carbocycles. The molecule has 220 valence electrons. The number of cyclic esters (lactones) is 1. The second kappa shape index (κ2) is 11.5. The molecule has 1 aliphatic rings. The second-order valence-electron chi connectivity index (χ2n) is 11.9. The van der Waals surface area contributed by atoms with Crippen molar-refractivity contribution in [2.75, 3.05) is 6.61 Å². The van der Waals surface area contributed by atoms with Crippen LogP contribution in [0.3, 0.4) is 0 Å². The fraction of sp³-hybridized carbons (Fsp3) is 0.382. The SMILES string of the molecule is CCn1c(C)c(C)c2c(-c3ccc(Cl)cc3)c(C(OC(C)(C)C)C(=O)N3C(=O)OCC3Cc3ccccc3)c(C)nc21. The lowest BCUT2D eigenvalue weighted by atomic mass is 9.90. The predicted molar refractivity (Wildman–Crippen MR) is 166 cm³/mol. The quantitative estimate of drug-likeness (QED) is 0.221. The Kier molecular flexibility index (Phi) is 8.19. The van der Waals surface area contributed by atoms with Crippen LogP contribution in [0, 0.1) is 20.8 Å². The standard InChI is InChI=1S/C34H38ClN3O4/c1-8-37-22(4)20(2)27-29(24-14-16-25(35)17-15-24)28(21(3)36-31(27)37)30(42-34(5,6)7)32(39)38-26(19-41-33(38)40)18-23-12-10-9-11-13-23/h9-17,26,30H,8,18-19H2,1-7H3. The van der Waals surface area contributed by atoms with Crippen LogP contribution in [0.1, 0.15) is 61.9 Å². The van der Waals surface area contributed by atoms with Gasteiger partial charge in [-0.1, -0.05) is 54.1 Å². The molecule has 5 rings (SSSR count). The van der Waals surface area contributed by atoms with Crippen LogP contribution in [0.2, 0.25) is 5.02 Å². The zero-order valence-corrected chi connectivity index (χ0v) is 26.1. The predicted octanol–water partition coefficient (Wildman–Crippen LogP) is 7.75. The summed E-state index contributed by atoms with van der Waals surface area (Å²) >= 11 is 6.30. The molecule has 2 aromatic heterocycles. The summed E-state index contributed by atoms with van der Waals surface area (Å²) in [6.07, 6.45) is -1.29. The summed E-state index contributed by atoms with van der Waals surface area (Å²) in [5.74, 6) is -0.461. The maximum Gasteiger partial charge on any atom is 0.417 e. The van der Waals surface area contributed by atoms with Crippen LogP contribution in [-0.4, -0.2) is 44.7 Å². The molecule has 4 aromatic rings. The number of ether oxygens (including phenoxy) is 2. The lowest BCUT2D eigenvalue weighted by Gasteiger charge is -2.32. The largest absolute Gasteiger partial charge is 0.447 e. The molecule has 2 amide bonds. The van der Waals surface area contributed by atoms with Gasteiger partial charge in [0, 0.05) is 39.5 Å². The maximum absolute atomic E-state index is 14.6. The first-order chi connectivity index (χ1) is 19.9. The van der Waals surface area contributed by atoms with E-state index in [1.165, 1.54) is 4.90 Å². The molecular weight excluding hydrogens is 550 g/mol. The van der Waals surface area contributed by atoms with Gasteiger partial charge >= 0.3 is 6.09 Å². The van der Waals surface area contributed by atoms with Crippen LogP contribution in [-0.2, 0) is 27.2 Å². The van der Waals surface area contributed by atoms with Gasteiger partial charge in [-0.05, 0) is 83.7 Å². The van der Waals surface area contributed by atoms with Crippen molar-refractivity contribution in [3.8, 4) is 11.1 Å². The molecule has 42 heavy (non-hydrogen) atoms. The first-order valence-corrected chi connectivity index (χ1v) is 14.8. The minimum Gasteiger partial charge on any atom is -0.447 e. The minimum atomic E-state index is -1.11. The van der Waals surface area contributed by atoms with Gasteiger partial charge in [-0.2, -0.15) is 0 Å².